The van der Waals surface area contributed by atoms with Crippen LogP contribution in [0.3, 0.4) is 0 Å². The van der Waals surface area contributed by atoms with Gasteiger partial charge in [0.2, 0.25) is 11.6 Å². The first-order valence-electron chi connectivity index (χ1n) is 12.0. The highest BCUT2D eigenvalue weighted by Gasteiger charge is 2.28. The Balaban J connectivity index is 1.83. The molecule has 8 heteroatoms. The lowest BCUT2D eigenvalue weighted by Crippen LogP contribution is -2.31. The van der Waals surface area contributed by atoms with Crippen molar-refractivity contribution in [2.45, 2.75) is 71.0 Å². The van der Waals surface area contributed by atoms with E-state index in [1.165, 1.54) is 0 Å². The molecule has 33 heavy (non-hydrogen) atoms. The predicted molar refractivity (Wildman–Crippen MR) is 124 cm³/mol. The van der Waals surface area contributed by atoms with Crippen LogP contribution in [0.2, 0.25) is 0 Å². The minimum atomic E-state index is -1.33. The zero-order valence-electron chi connectivity index (χ0n) is 19.6. The van der Waals surface area contributed by atoms with Crippen LogP contribution in [0.1, 0.15) is 68.3 Å². The van der Waals surface area contributed by atoms with Gasteiger partial charge in [-0.3, -0.25) is 9.59 Å². The molecule has 2 aliphatic heterocycles. The molecule has 0 saturated carbocycles. The molecule has 0 amide bonds. The van der Waals surface area contributed by atoms with Crippen LogP contribution in [0.25, 0.3) is 0 Å². The van der Waals surface area contributed by atoms with Crippen LogP contribution in [-0.4, -0.2) is 59.6 Å². The van der Waals surface area contributed by atoms with Crippen molar-refractivity contribution >= 4 is 23.2 Å². The van der Waals surface area contributed by atoms with E-state index in [9.17, 15) is 24.6 Å². The van der Waals surface area contributed by atoms with Gasteiger partial charge in [0.15, 0.2) is 0 Å². The summed E-state index contributed by atoms with van der Waals surface area (Å²) in [5.74, 6) is -1.73. The Hall–Kier alpha value is -2.45. The number of cyclic esters (lactones) is 1. The molecule has 0 aromatic heterocycles. The van der Waals surface area contributed by atoms with Gasteiger partial charge in [0.05, 0.1) is 0 Å². The number of carbonyl (C=O) groups excluding carboxylic acids is 3. The van der Waals surface area contributed by atoms with Crippen LogP contribution >= 0.6 is 0 Å². The lowest BCUT2D eigenvalue weighted by molar-refractivity contribution is -0.142. The Morgan fingerprint density at radius 3 is 2.52 bits per heavy atom. The highest BCUT2D eigenvalue weighted by atomic mass is 16.5. The number of aromatic hydroxyl groups is 1. The van der Waals surface area contributed by atoms with E-state index in [1.807, 2.05) is 13.0 Å². The van der Waals surface area contributed by atoms with E-state index in [1.54, 1.807) is 13.0 Å². The lowest BCUT2D eigenvalue weighted by Gasteiger charge is -2.24. The van der Waals surface area contributed by atoms with Crippen molar-refractivity contribution in [2.75, 3.05) is 25.0 Å². The number of phenolic OH excluding ortho intramolecular Hbond substituents is 1. The third-order valence-electron chi connectivity index (χ3n) is 6.87. The molecule has 2 aliphatic rings. The molecule has 1 fully saturated rings. The third-order valence-corrected chi connectivity index (χ3v) is 6.87. The zero-order valence-corrected chi connectivity index (χ0v) is 19.6. The molecule has 4 N–H and O–H groups in total. The fourth-order valence-corrected chi connectivity index (χ4v) is 4.45. The molecule has 2 heterocycles. The van der Waals surface area contributed by atoms with Crippen molar-refractivity contribution < 1.29 is 29.3 Å². The van der Waals surface area contributed by atoms with Gasteiger partial charge in [-0.1, -0.05) is 6.92 Å². The molecule has 1 aromatic carbocycles. The predicted octanol–water partition coefficient (Wildman–Crippen LogP) is 2.60. The van der Waals surface area contributed by atoms with Crippen LogP contribution in [0.5, 0.6) is 5.75 Å². The largest absolute Gasteiger partial charge is 0.507 e. The van der Waals surface area contributed by atoms with Gasteiger partial charge in [0.1, 0.15) is 23.5 Å². The first kappa shape index (κ1) is 25.2. The molecule has 0 spiro atoms. The molecule has 1 aromatic rings. The molecule has 0 aliphatic carbocycles. The SMILES string of the molecule is C[C@@H]1CCC(O)C(=O)C(=O)CCCc2cc(NCC3CCNCC3)cc(O)c2C(=O)O[C@H]1C. The maximum Gasteiger partial charge on any atom is 0.342 e. The molecule has 3 rings (SSSR count). The summed E-state index contributed by atoms with van der Waals surface area (Å²) in [6.45, 7) is 6.36. The Morgan fingerprint density at radius 2 is 1.79 bits per heavy atom. The van der Waals surface area contributed by atoms with E-state index < -0.39 is 29.7 Å². The third kappa shape index (κ3) is 6.77. The summed E-state index contributed by atoms with van der Waals surface area (Å²) < 4.78 is 5.63. The summed E-state index contributed by atoms with van der Waals surface area (Å²) in [5.41, 5.74) is 1.39. The normalized spacial score (nSPS) is 26.3. The Morgan fingerprint density at radius 1 is 1.06 bits per heavy atom. The average Bonchev–Trinajstić information content (AvgIpc) is 2.80. The van der Waals surface area contributed by atoms with E-state index in [2.05, 4.69) is 10.6 Å². The Bertz CT molecular complexity index is 865. The van der Waals surface area contributed by atoms with Crippen LogP contribution < -0.4 is 10.6 Å². The summed E-state index contributed by atoms with van der Waals surface area (Å²) >= 11 is 0. The number of ether oxygens (including phenoxy) is 1. The number of rotatable bonds is 3. The van der Waals surface area contributed by atoms with Crippen molar-refractivity contribution in [3.05, 3.63) is 23.3 Å². The maximum atomic E-state index is 13.0. The van der Waals surface area contributed by atoms with Crippen LogP contribution in [0.4, 0.5) is 5.69 Å². The van der Waals surface area contributed by atoms with Crippen LogP contribution in [0.15, 0.2) is 12.1 Å². The van der Waals surface area contributed by atoms with Crippen molar-refractivity contribution in [2.24, 2.45) is 11.8 Å². The van der Waals surface area contributed by atoms with E-state index in [4.69, 9.17) is 4.74 Å². The Kier molecular flexibility index (Phi) is 8.86. The number of ketones is 2. The number of aliphatic hydroxyl groups excluding tert-OH is 1. The number of aryl methyl sites for hydroxylation is 1. The molecule has 1 unspecified atom stereocenters. The number of carbonyl (C=O) groups is 3. The quantitative estimate of drug-likeness (QED) is 0.401. The second-order valence-corrected chi connectivity index (χ2v) is 9.43. The van der Waals surface area contributed by atoms with Crippen LogP contribution in [0, 0.1) is 11.8 Å². The van der Waals surface area contributed by atoms with Gasteiger partial charge in [-0.05, 0) is 82.0 Å². The van der Waals surface area contributed by atoms with Gasteiger partial charge in [-0.2, -0.15) is 0 Å². The average molecular weight is 461 g/mol. The highest BCUT2D eigenvalue weighted by Crippen LogP contribution is 2.30. The van der Waals surface area contributed by atoms with Crippen molar-refractivity contribution in [3.8, 4) is 5.75 Å². The number of esters is 1. The summed E-state index contributed by atoms with van der Waals surface area (Å²) in [5, 5.41) is 27.5. The number of piperidine rings is 1. The number of hydrogen-bond acceptors (Lipinski definition) is 8. The first-order chi connectivity index (χ1) is 15.8. The number of Topliss-reactive ketones (excluding diaryl/α,β-unsaturated/α-hetero) is 2. The van der Waals surface area contributed by atoms with Gasteiger partial charge < -0.3 is 25.6 Å². The summed E-state index contributed by atoms with van der Waals surface area (Å²) in [4.78, 5) is 37.4. The van der Waals surface area contributed by atoms with Crippen molar-refractivity contribution in [1.82, 2.24) is 5.32 Å². The molecule has 0 bridgehead atoms. The number of fused-ring (bicyclic) bond motifs is 1. The maximum absolute atomic E-state index is 13.0. The second-order valence-electron chi connectivity index (χ2n) is 9.43. The highest BCUT2D eigenvalue weighted by molar-refractivity contribution is 6.38. The molecular formula is C25H36N2O6. The molecule has 8 nitrogen and oxygen atoms in total. The molecule has 182 valence electrons. The van der Waals surface area contributed by atoms with E-state index in [0.717, 1.165) is 32.5 Å². The number of nitrogens with one attached hydrogen (secondary N) is 2. The number of anilines is 1. The van der Waals surface area contributed by atoms with Gasteiger partial charge >= 0.3 is 5.97 Å². The number of hydrogen-bond donors (Lipinski definition) is 4. The zero-order chi connectivity index (χ0) is 24.0. The fourth-order valence-electron chi connectivity index (χ4n) is 4.45. The smallest absolute Gasteiger partial charge is 0.342 e. The minimum Gasteiger partial charge on any atom is -0.507 e. The minimum absolute atomic E-state index is 0.0240. The van der Waals surface area contributed by atoms with E-state index in [0.29, 0.717) is 36.4 Å². The Labute approximate surface area is 195 Å². The van der Waals surface area contributed by atoms with Crippen LogP contribution in [-0.2, 0) is 20.7 Å². The van der Waals surface area contributed by atoms with E-state index >= 15 is 0 Å². The van der Waals surface area contributed by atoms with Gasteiger partial charge in [0, 0.05) is 24.7 Å². The fraction of sp³-hybridized carbons (Fsp3) is 0.640. The number of benzene rings is 1. The van der Waals surface area contributed by atoms with E-state index in [-0.39, 0.29) is 30.1 Å². The summed E-state index contributed by atoms with van der Waals surface area (Å²) in [6, 6.07) is 3.36. The summed E-state index contributed by atoms with van der Waals surface area (Å²) in [6.07, 6.45) is 1.53. The first-order valence-corrected chi connectivity index (χ1v) is 12.0. The van der Waals surface area contributed by atoms with Crippen molar-refractivity contribution in [3.63, 3.8) is 0 Å². The second kappa shape index (κ2) is 11.6. The van der Waals surface area contributed by atoms with Gasteiger partial charge in [0.25, 0.3) is 0 Å². The standard InChI is InChI=1S/C25H36N2O6/c1-15-6-7-21(29)24(31)20(28)5-3-4-18-12-19(27-14-17-8-10-26-11-9-17)13-22(30)23(18)25(32)33-16(15)2/h12-13,15-17,21,26-27,29-30H,3-11,14H2,1-2H3/t15-,16+,21?/m1/s1. The number of aliphatic hydroxyl groups is 1. The van der Waals surface area contributed by atoms with Gasteiger partial charge in [-0.25, -0.2) is 4.79 Å². The molecule has 0 radical (unpaired) electrons. The van der Waals surface area contributed by atoms with Gasteiger partial charge in [-0.15, -0.1) is 0 Å². The monoisotopic (exact) mass is 460 g/mol. The molecule has 3 atom stereocenters. The number of phenols is 1. The lowest BCUT2D eigenvalue weighted by atomic mass is 9.93. The summed E-state index contributed by atoms with van der Waals surface area (Å²) in [7, 11) is 0. The topological polar surface area (TPSA) is 125 Å². The molecular weight excluding hydrogens is 424 g/mol. The molecule has 1 saturated heterocycles. The van der Waals surface area contributed by atoms with Crippen molar-refractivity contribution in [1.29, 1.82) is 0 Å².